The minimum Gasteiger partial charge on any atom is -0.493 e. The van der Waals surface area contributed by atoms with Crippen LogP contribution in [0.2, 0.25) is 0 Å². The Morgan fingerprint density at radius 2 is 2.10 bits per heavy atom. The predicted molar refractivity (Wildman–Crippen MR) is 80.3 cm³/mol. The molecule has 1 aromatic rings. The molecule has 0 saturated heterocycles. The van der Waals surface area contributed by atoms with Crippen molar-refractivity contribution in [3.63, 3.8) is 0 Å². The van der Waals surface area contributed by atoms with Crippen molar-refractivity contribution in [2.45, 2.75) is 37.6 Å². The number of amides is 1. The Hall–Kier alpha value is -1.27. The Bertz CT molecular complexity index is 638. The quantitative estimate of drug-likeness (QED) is 0.841. The van der Waals surface area contributed by atoms with E-state index in [1.165, 1.54) is 18.2 Å². The molecule has 0 radical (unpaired) electrons. The Morgan fingerprint density at radius 1 is 1.43 bits per heavy atom. The number of halogens is 1. The molecule has 7 heteroatoms. The normalized spacial score (nSPS) is 21.5. The van der Waals surface area contributed by atoms with Crippen LogP contribution in [-0.2, 0) is 9.05 Å². The van der Waals surface area contributed by atoms with Crippen LogP contribution in [0.15, 0.2) is 23.1 Å². The predicted octanol–water partition coefficient (Wildman–Crippen LogP) is 2.54. The second-order valence-corrected chi connectivity index (χ2v) is 7.84. The van der Waals surface area contributed by atoms with Crippen LogP contribution >= 0.6 is 10.7 Å². The van der Waals surface area contributed by atoms with Crippen molar-refractivity contribution in [2.75, 3.05) is 6.61 Å². The first-order chi connectivity index (χ1) is 9.81. The summed E-state index contributed by atoms with van der Waals surface area (Å²) in [6, 6.07) is 4.18. The highest BCUT2D eigenvalue weighted by Crippen LogP contribution is 2.28. The van der Waals surface area contributed by atoms with Crippen LogP contribution < -0.4 is 10.1 Å². The fourth-order valence-corrected chi connectivity index (χ4v) is 3.18. The van der Waals surface area contributed by atoms with E-state index in [1.807, 2.05) is 0 Å². The maximum Gasteiger partial charge on any atom is 0.261 e. The molecule has 1 aliphatic rings. The third-order valence-corrected chi connectivity index (χ3v) is 4.84. The summed E-state index contributed by atoms with van der Waals surface area (Å²) >= 11 is 0. The van der Waals surface area contributed by atoms with Crippen molar-refractivity contribution in [1.82, 2.24) is 5.32 Å². The molecule has 1 saturated carbocycles. The van der Waals surface area contributed by atoms with Gasteiger partial charge in [-0.3, -0.25) is 4.79 Å². The molecule has 1 amide bonds. The van der Waals surface area contributed by atoms with Crippen molar-refractivity contribution >= 4 is 25.6 Å². The lowest BCUT2D eigenvalue weighted by molar-refractivity contribution is 0.0892. The highest BCUT2D eigenvalue weighted by molar-refractivity contribution is 8.13. The molecule has 1 aromatic carbocycles. The molecule has 0 bridgehead atoms. The van der Waals surface area contributed by atoms with E-state index >= 15 is 0 Å². The molecule has 1 N–H and O–H groups in total. The molecule has 0 aromatic heterocycles. The van der Waals surface area contributed by atoms with Crippen molar-refractivity contribution in [3.05, 3.63) is 23.8 Å². The van der Waals surface area contributed by atoms with Gasteiger partial charge in [-0.15, -0.1) is 0 Å². The number of carbonyl (C=O) groups is 1. The molecule has 0 heterocycles. The number of ether oxygens (including phenoxy) is 1. The zero-order valence-corrected chi connectivity index (χ0v) is 13.5. The van der Waals surface area contributed by atoms with E-state index in [-0.39, 0.29) is 22.4 Å². The van der Waals surface area contributed by atoms with Gasteiger partial charge >= 0.3 is 0 Å². The van der Waals surface area contributed by atoms with Gasteiger partial charge in [0.25, 0.3) is 15.0 Å². The summed E-state index contributed by atoms with van der Waals surface area (Å²) in [5, 5.41) is 2.88. The first-order valence-corrected chi connectivity index (χ1v) is 9.14. The van der Waals surface area contributed by atoms with Gasteiger partial charge in [0.05, 0.1) is 17.1 Å². The summed E-state index contributed by atoms with van der Waals surface area (Å²) in [6.07, 6.45) is 1.87. The van der Waals surface area contributed by atoms with Crippen LogP contribution in [0.25, 0.3) is 0 Å². The highest BCUT2D eigenvalue weighted by Gasteiger charge is 2.28. The average Bonchev–Trinajstić information content (AvgIpc) is 2.36. The molecule has 0 atom stereocenters. The maximum absolute atomic E-state index is 12.3. The summed E-state index contributed by atoms with van der Waals surface area (Å²) in [6.45, 7) is 4.30. The van der Waals surface area contributed by atoms with Gasteiger partial charge in [0.2, 0.25) is 0 Å². The third kappa shape index (κ3) is 3.89. The van der Waals surface area contributed by atoms with E-state index in [4.69, 9.17) is 15.4 Å². The number of hydrogen-bond donors (Lipinski definition) is 1. The molecule has 5 nitrogen and oxygen atoms in total. The average molecular weight is 332 g/mol. The van der Waals surface area contributed by atoms with E-state index in [2.05, 4.69) is 12.2 Å². The molecule has 1 fully saturated rings. The van der Waals surface area contributed by atoms with Crippen LogP contribution in [-0.4, -0.2) is 27.0 Å². The van der Waals surface area contributed by atoms with Gasteiger partial charge < -0.3 is 10.1 Å². The maximum atomic E-state index is 12.3. The molecule has 0 aliphatic heterocycles. The van der Waals surface area contributed by atoms with E-state index in [0.717, 1.165) is 12.8 Å². The molecule has 116 valence electrons. The Labute approximate surface area is 129 Å². The Morgan fingerprint density at radius 3 is 2.62 bits per heavy atom. The van der Waals surface area contributed by atoms with Gasteiger partial charge in [0, 0.05) is 16.7 Å². The molecule has 21 heavy (non-hydrogen) atoms. The lowest BCUT2D eigenvalue weighted by atomic mass is 9.82. The largest absolute Gasteiger partial charge is 0.493 e. The number of benzene rings is 1. The molecule has 0 spiro atoms. The van der Waals surface area contributed by atoms with Crippen molar-refractivity contribution < 1.29 is 17.9 Å². The number of nitrogens with one attached hydrogen (secondary N) is 1. The zero-order chi connectivity index (χ0) is 15.6. The van der Waals surface area contributed by atoms with Crippen LogP contribution in [0.1, 0.15) is 37.0 Å². The van der Waals surface area contributed by atoms with Crippen molar-refractivity contribution in [3.8, 4) is 5.75 Å². The lowest BCUT2D eigenvalue weighted by Crippen LogP contribution is -2.43. The smallest absolute Gasteiger partial charge is 0.261 e. The second-order valence-electron chi connectivity index (χ2n) is 5.28. The summed E-state index contributed by atoms with van der Waals surface area (Å²) in [5.41, 5.74) is 0.193. The van der Waals surface area contributed by atoms with Gasteiger partial charge in [0.15, 0.2) is 0 Å². The number of rotatable bonds is 5. The van der Waals surface area contributed by atoms with E-state index in [0.29, 0.717) is 18.3 Å². The summed E-state index contributed by atoms with van der Waals surface area (Å²) < 4.78 is 28.2. The molecule has 1 aliphatic carbocycles. The van der Waals surface area contributed by atoms with Gasteiger partial charge in [-0.05, 0) is 43.9 Å². The standard InChI is InChI=1S/C14H18ClNO4S/c1-3-20-13-5-4-11(21(15,18)19)8-12(13)14(17)16-10-6-9(2)7-10/h4-5,8-10H,3,6-7H2,1-2H3,(H,16,17). The van der Waals surface area contributed by atoms with E-state index < -0.39 is 9.05 Å². The Balaban J connectivity index is 2.27. The SMILES string of the molecule is CCOc1ccc(S(=O)(=O)Cl)cc1C(=O)NC1CC(C)C1. The molecular formula is C14H18ClNO4S. The first kappa shape index (κ1) is 16.1. The zero-order valence-electron chi connectivity index (χ0n) is 11.9. The molecule has 0 unspecified atom stereocenters. The highest BCUT2D eigenvalue weighted by atomic mass is 35.7. The summed E-state index contributed by atoms with van der Waals surface area (Å²) in [7, 11) is 1.44. The van der Waals surface area contributed by atoms with Gasteiger partial charge in [-0.25, -0.2) is 8.42 Å². The topological polar surface area (TPSA) is 72.5 Å². The summed E-state index contributed by atoms with van der Waals surface area (Å²) in [4.78, 5) is 12.2. The minimum absolute atomic E-state index is 0.111. The second kappa shape index (κ2) is 6.23. The summed E-state index contributed by atoms with van der Waals surface area (Å²) in [5.74, 6) is 0.625. The lowest BCUT2D eigenvalue weighted by Gasteiger charge is -2.33. The van der Waals surface area contributed by atoms with Crippen molar-refractivity contribution in [2.24, 2.45) is 5.92 Å². The van der Waals surface area contributed by atoms with Gasteiger partial charge in [0.1, 0.15) is 5.75 Å². The van der Waals surface area contributed by atoms with Gasteiger partial charge in [-0.2, -0.15) is 0 Å². The number of hydrogen-bond acceptors (Lipinski definition) is 4. The first-order valence-electron chi connectivity index (χ1n) is 6.83. The third-order valence-electron chi connectivity index (χ3n) is 3.49. The Kier molecular flexibility index (Phi) is 4.78. The van der Waals surface area contributed by atoms with Crippen LogP contribution in [0.5, 0.6) is 5.75 Å². The fourth-order valence-electron chi connectivity index (χ4n) is 2.40. The van der Waals surface area contributed by atoms with Crippen LogP contribution in [0.4, 0.5) is 0 Å². The van der Waals surface area contributed by atoms with E-state index in [1.54, 1.807) is 6.92 Å². The molecule has 2 rings (SSSR count). The van der Waals surface area contributed by atoms with Gasteiger partial charge in [-0.1, -0.05) is 6.92 Å². The van der Waals surface area contributed by atoms with Crippen LogP contribution in [0.3, 0.4) is 0 Å². The number of carbonyl (C=O) groups excluding carboxylic acids is 1. The molecular weight excluding hydrogens is 314 g/mol. The van der Waals surface area contributed by atoms with E-state index in [9.17, 15) is 13.2 Å². The monoisotopic (exact) mass is 331 g/mol. The van der Waals surface area contributed by atoms with Crippen molar-refractivity contribution in [1.29, 1.82) is 0 Å². The fraction of sp³-hybridized carbons (Fsp3) is 0.500. The van der Waals surface area contributed by atoms with Crippen LogP contribution in [0, 0.1) is 5.92 Å². The minimum atomic E-state index is -3.88.